The summed E-state index contributed by atoms with van der Waals surface area (Å²) >= 11 is 7.76. The zero-order chi connectivity index (χ0) is 18.5. The van der Waals surface area contributed by atoms with E-state index < -0.39 is 0 Å². The SMILES string of the molecule is COc1ccc(OCc2cc(C(=O)N(C)Cc3cccs3)n[nH]2)c(Cl)c1. The number of nitrogens with zero attached hydrogens (tertiary/aromatic N) is 2. The average Bonchev–Trinajstić information content (AvgIpc) is 3.31. The van der Waals surface area contributed by atoms with Crippen molar-refractivity contribution >= 4 is 28.8 Å². The van der Waals surface area contributed by atoms with Crippen LogP contribution in [0.2, 0.25) is 5.02 Å². The highest BCUT2D eigenvalue weighted by atomic mass is 35.5. The van der Waals surface area contributed by atoms with E-state index >= 15 is 0 Å². The molecule has 3 aromatic rings. The fourth-order valence-electron chi connectivity index (χ4n) is 2.33. The molecule has 26 heavy (non-hydrogen) atoms. The number of hydrogen-bond acceptors (Lipinski definition) is 5. The molecule has 1 amide bonds. The van der Waals surface area contributed by atoms with Crippen LogP contribution in [0.15, 0.2) is 41.8 Å². The highest BCUT2D eigenvalue weighted by molar-refractivity contribution is 7.09. The van der Waals surface area contributed by atoms with Gasteiger partial charge in [-0.1, -0.05) is 17.7 Å². The summed E-state index contributed by atoms with van der Waals surface area (Å²) in [5.74, 6) is 1.04. The molecule has 0 aliphatic heterocycles. The van der Waals surface area contributed by atoms with Crippen LogP contribution >= 0.6 is 22.9 Å². The van der Waals surface area contributed by atoms with E-state index in [1.165, 1.54) is 0 Å². The molecule has 2 heterocycles. The van der Waals surface area contributed by atoms with Crippen molar-refractivity contribution in [2.24, 2.45) is 0 Å². The van der Waals surface area contributed by atoms with Crippen molar-refractivity contribution in [1.29, 1.82) is 0 Å². The standard InChI is InChI=1S/C18H18ClN3O3S/c1-22(10-14-4-3-7-26-14)18(23)16-8-12(20-21-16)11-25-17-6-5-13(24-2)9-15(17)19/h3-9H,10-11H2,1-2H3,(H,20,21). The van der Waals surface area contributed by atoms with E-state index in [9.17, 15) is 4.79 Å². The van der Waals surface area contributed by atoms with Crippen LogP contribution < -0.4 is 9.47 Å². The van der Waals surface area contributed by atoms with Crippen LogP contribution in [0, 0.1) is 0 Å². The topological polar surface area (TPSA) is 67.5 Å². The lowest BCUT2D eigenvalue weighted by Gasteiger charge is -2.14. The Labute approximate surface area is 160 Å². The molecule has 0 radical (unpaired) electrons. The van der Waals surface area contributed by atoms with E-state index in [1.54, 1.807) is 54.7 Å². The second-order valence-electron chi connectivity index (χ2n) is 5.60. The van der Waals surface area contributed by atoms with Gasteiger partial charge in [-0.2, -0.15) is 5.10 Å². The second kappa shape index (κ2) is 8.25. The van der Waals surface area contributed by atoms with Gasteiger partial charge in [-0.05, 0) is 29.6 Å². The molecule has 2 aromatic heterocycles. The maximum absolute atomic E-state index is 12.5. The number of benzene rings is 1. The number of carbonyl (C=O) groups is 1. The number of H-pyrrole nitrogens is 1. The van der Waals surface area contributed by atoms with E-state index in [1.807, 2.05) is 17.5 Å². The molecular weight excluding hydrogens is 374 g/mol. The Balaban J connectivity index is 1.60. The minimum atomic E-state index is -0.150. The van der Waals surface area contributed by atoms with Crippen molar-refractivity contribution in [2.75, 3.05) is 14.2 Å². The van der Waals surface area contributed by atoms with Gasteiger partial charge in [-0.3, -0.25) is 9.89 Å². The van der Waals surface area contributed by atoms with Crippen LogP contribution in [0.3, 0.4) is 0 Å². The molecule has 1 N–H and O–H groups in total. The summed E-state index contributed by atoms with van der Waals surface area (Å²) in [6.07, 6.45) is 0. The van der Waals surface area contributed by atoms with Gasteiger partial charge in [0.15, 0.2) is 5.69 Å². The molecule has 136 valence electrons. The number of thiophene rings is 1. The minimum absolute atomic E-state index is 0.150. The van der Waals surface area contributed by atoms with Gasteiger partial charge in [-0.15, -0.1) is 11.3 Å². The van der Waals surface area contributed by atoms with Crippen molar-refractivity contribution in [3.63, 3.8) is 0 Å². The number of hydrogen-bond donors (Lipinski definition) is 1. The van der Waals surface area contributed by atoms with Crippen LogP contribution in [-0.4, -0.2) is 35.2 Å². The van der Waals surface area contributed by atoms with Gasteiger partial charge >= 0.3 is 0 Å². The molecule has 0 atom stereocenters. The van der Waals surface area contributed by atoms with Crippen LogP contribution in [0.1, 0.15) is 21.1 Å². The summed E-state index contributed by atoms with van der Waals surface area (Å²) in [5, 5.41) is 9.35. The Bertz CT molecular complexity index is 880. The van der Waals surface area contributed by atoms with Gasteiger partial charge < -0.3 is 14.4 Å². The first kappa shape index (κ1) is 18.3. The van der Waals surface area contributed by atoms with E-state index in [0.717, 1.165) is 4.88 Å². The molecule has 0 aliphatic rings. The number of methoxy groups -OCH3 is 1. The van der Waals surface area contributed by atoms with Crippen LogP contribution in [0.5, 0.6) is 11.5 Å². The maximum atomic E-state index is 12.5. The molecule has 0 unspecified atom stereocenters. The Kier molecular flexibility index (Phi) is 5.80. The zero-order valence-electron chi connectivity index (χ0n) is 14.4. The fraction of sp³-hybridized carbons (Fsp3) is 0.222. The third-order valence-corrected chi connectivity index (χ3v) is 4.85. The third-order valence-electron chi connectivity index (χ3n) is 3.69. The van der Waals surface area contributed by atoms with Gasteiger partial charge in [-0.25, -0.2) is 0 Å². The van der Waals surface area contributed by atoms with Crippen molar-refractivity contribution in [3.8, 4) is 11.5 Å². The minimum Gasteiger partial charge on any atom is -0.497 e. The van der Waals surface area contributed by atoms with Crippen molar-refractivity contribution < 1.29 is 14.3 Å². The molecule has 0 saturated heterocycles. The summed E-state index contributed by atoms with van der Waals surface area (Å²) < 4.78 is 10.8. The molecule has 8 heteroatoms. The molecule has 0 bridgehead atoms. The van der Waals surface area contributed by atoms with Gasteiger partial charge in [0.05, 0.1) is 24.4 Å². The van der Waals surface area contributed by atoms with Gasteiger partial charge in [0.1, 0.15) is 18.1 Å². The fourth-order valence-corrected chi connectivity index (χ4v) is 3.31. The maximum Gasteiger partial charge on any atom is 0.274 e. The Hall–Kier alpha value is -2.51. The summed E-state index contributed by atoms with van der Waals surface area (Å²) in [7, 11) is 3.33. The van der Waals surface area contributed by atoms with Crippen LogP contribution in [0.25, 0.3) is 0 Å². The smallest absolute Gasteiger partial charge is 0.274 e. The summed E-state index contributed by atoms with van der Waals surface area (Å²) in [6, 6.07) is 10.8. The molecule has 6 nitrogen and oxygen atoms in total. The largest absolute Gasteiger partial charge is 0.497 e. The highest BCUT2D eigenvalue weighted by Crippen LogP contribution is 2.29. The van der Waals surface area contributed by atoms with Crippen molar-refractivity contribution in [3.05, 3.63) is 63.1 Å². The zero-order valence-corrected chi connectivity index (χ0v) is 15.9. The van der Waals surface area contributed by atoms with Crippen molar-refractivity contribution in [1.82, 2.24) is 15.1 Å². The number of carbonyl (C=O) groups excluding carboxylic acids is 1. The molecule has 0 aliphatic carbocycles. The first-order valence-electron chi connectivity index (χ1n) is 7.85. The number of aromatic nitrogens is 2. The lowest BCUT2D eigenvalue weighted by molar-refractivity contribution is 0.0780. The molecule has 3 rings (SSSR count). The molecule has 0 saturated carbocycles. The van der Waals surface area contributed by atoms with Crippen molar-refractivity contribution in [2.45, 2.75) is 13.2 Å². The normalized spacial score (nSPS) is 10.6. The number of aromatic amines is 1. The van der Waals surface area contributed by atoms with Crippen LogP contribution in [0.4, 0.5) is 0 Å². The number of amides is 1. The summed E-state index contributed by atoms with van der Waals surface area (Å²) in [5.41, 5.74) is 1.04. The molecule has 0 fully saturated rings. The predicted molar refractivity (Wildman–Crippen MR) is 101 cm³/mol. The number of ether oxygens (including phenoxy) is 2. The molecular formula is C18H18ClN3O3S. The molecule has 0 spiro atoms. The van der Waals surface area contributed by atoms with E-state index in [0.29, 0.717) is 34.5 Å². The third kappa shape index (κ3) is 4.36. The first-order valence-corrected chi connectivity index (χ1v) is 9.11. The van der Waals surface area contributed by atoms with E-state index in [4.69, 9.17) is 21.1 Å². The van der Waals surface area contributed by atoms with Gasteiger partial charge in [0, 0.05) is 18.0 Å². The molecule has 1 aromatic carbocycles. The lowest BCUT2D eigenvalue weighted by atomic mass is 10.3. The monoisotopic (exact) mass is 391 g/mol. The van der Waals surface area contributed by atoms with Crippen LogP contribution in [-0.2, 0) is 13.2 Å². The number of nitrogens with one attached hydrogen (secondary N) is 1. The quantitative estimate of drug-likeness (QED) is 0.661. The van der Waals surface area contributed by atoms with E-state index in [-0.39, 0.29) is 12.5 Å². The Morgan fingerprint density at radius 2 is 2.19 bits per heavy atom. The highest BCUT2D eigenvalue weighted by Gasteiger charge is 2.16. The lowest BCUT2D eigenvalue weighted by Crippen LogP contribution is -2.26. The Morgan fingerprint density at radius 1 is 1.35 bits per heavy atom. The first-order chi connectivity index (χ1) is 12.6. The number of rotatable bonds is 7. The predicted octanol–water partition coefficient (Wildman–Crippen LogP) is 3.98. The van der Waals surface area contributed by atoms with Gasteiger partial charge in [0.2, 0.25) is 0 Å². The van der Waals surface area contributed by atoms with E-state index in [2.05, 4.69) is 10.2 Å². The summed E-state index contributed by atoms with van der Waals surface area (Å²) in [4.78, 5) is 15.2. The van der Waals surface area contributed by atoms with Gasteiger partial charge in [0.25, 0.3) is 5.91 Å². The number of halogens is 1. The average molecular weight is 392 g/mol. The Morgan fingerprint density at radius 3 is 2.88 bits per heavy atom. The summed E-state index contributed by atoms with van der Waals surface area (Å²) in [6.45, 7) is 0.775. The second-order valence-corrected chi connectivity index (χ2v) is 7.04.